The molecule has 2 aliphatic rings. The van der Waals surface area contributed by atoms with E-state index in [9.17, 15) is 14.7 Å². The molecule has 2 N–H and O–H groups in total. The van der Waals surface area contributed by atoms with Crippen molar-refractivity contribution >= 4 is 29.2 Å². The Hall–Kier alpha value is -3.99. The fraction of sp³-hybridized carbons (Fsp3) is 0.429. The SMILES string of the molecule is CCc1cc(Cl)cc(CC)c1NC(=O)CN1C[C@H](c2cc(OC)c3c(c2)OCO3)C(C(=O)O)[C@@H]1c1ccc(OCCN(C)C)cc1. The first kappa shape index (κ1) is 33.4. The standard InChI is InChI=1S/C35H42ClN3O7/c1-6-21-14-25(36)15-22(7-2)32(21)37-30(40)19-39-18-27(24-16-28(43-5)34-29(17-24)45-20-46-34)31(35(41)42)33(39)23-8-10-26(11-9-23)44-13-12-38(3)4/h8-11,14-17,27,31,33H,6-7,12-13,18-20H2,1-5H3,(H,37,40)(H,41,42)/t27-,31?,33+/m1/s1. The maximum atomic E-state index is 13.8. The third kappa shape index (κ3) is 7.19. The molecule has 0 saturated carbocycles. The lowest BCUT2D eigenvalue weighted by molar-refractivity contribution is -0.143. The highest BCUT2D eigenvalue weighted by Gasteiger charge is 2.48. The average molecular weight is 652 g/mol. The minimum Gasteiger partial charge on any atom is -0.493 e. The van der Waals surface area contributed by atoms with E-state index in [-0.39, 0.29) is 19.2 Å². The highest BCUT2D eigenvalue weighted by Crippen LogP contribution is 2.50. The van der Waals surface area contributed by atoms with Gasteiger partial charge in [0.1, 0.15) is 12.4 Å². The summed E-state index contributed by atoms with van der Waals surface area (Å²) < 4.78 is 22.7. The second-order valence-electron chi connectivity index (χ2n) is 11.9. The number of halogens is 1. The lowest BCUT2D eigenvalue weighted by Gasteiger charge is -2.27. The molecule has 0 spiro atoms. The number of carbonyl (C=O) groups excluding carboxylic acids is 1. The van der Waals surface area contributed by atoms with Gasteiger partial charge in [-0.2, -0.15) is 0 Å². The summed E-state index contributed by atoms with van der Waals surface area (Å²) in [5, 5.41) is 14.5. The van der Waals surface area contributed by atoms with Crippen molar-refractivity contribution in [1.29, 1.82) is 0 Å². The monoisotopic (exact) mass is 651 g/mol. The number of ether oxygens (including phenoxy) is 4. The predicted octanol–water partition coefficient (Wildman–Crippen LogP) is 5.62. The van der Waals surface area contributed by atoms with Gasteiger partial charge in [0.25, 0.3) is 0 Å². The molecule has 0 aliphatic carbocycles. The van der Waals surface area contributed by atoms with Crippen LogP contribution in [-0.2, 0) is 22.4 Å². The first-order valence-electron chi connectivity index (χ1n) is 15.6. The maximum Gasteiger partial charge on any atom is 0.309 e. The third-order valence-electron chi connectivity index (χ3n) is 8.66. The van der Waals surface area contributed by atoms with Gasteiger partial charge in [0.2, 0.25) is 18.4 Å². The van der Waals surface area contributed by atoms with Gasteiger partial charge in [-0.25, -0.2) is 0 Å². The summed E-state index contributed by atoms with van der Waals surface area (Å²) in [4.78, 5) is 30.8. The number of amides is 1. The minimum atomic E-state index is -0.958. The Kier molecular flexibility index (Phi) is 10.6. The fourth-order valence-electron chi connectivity index (χ4n) is 6.41. The number of aryl methyl sites for hydroxylation is 2. The smallest absolute Gasteiger partial charge is 0.309 e. The second kappa shape index (κ2) is 14.6. The van der Waals surface area contributed by atoms with Crippen molar-refractivity contribution in [2.75, 3.05) is 59.6 Å². The summed E-state index contributed by atoms with van der Waals surface area (Å²) in [7, 11) is 5.50. The van der Waals surface area contributed by atoms with E-state index in [1.54, 1.807) is 0 Å². The number of carboxylic acid groups (broad SMARTS) is 1. The van der Waals surface area contributed by atoms with E-state index in [2.05, 4.69) is 5.32 Å². The quantitative estimate of drug-likeness (QED) is 0.243. The molecule has 1 unspecified atom stereocenters. The second-order valence-corrected chi connectivity index (χ2v) is 12.3. The van der Waals surface area contributed by atoms with E-state index in [1.807, 2.05) is 86.3 Å². The molecule has 2 aliphatic heterocycles. The van der Waals surface area contributed by atoms with Gasteiger partial charge >= 0.3 is 5.97 Å². The van der Waals surface area contributed by atoms with E-state index in [1.165, 1.54) is 7.11 Å². The molecule has 10 nitrogen and oxygen atoms in total. The number of anilines is 1. The summed E-state index contributed by atoms with van der Waals surface area (Å²) in [5.41, 5.74) is 4.19. The number of nitrogens with one attached hydrogen (secondary N) is 1. The van der Waals surface area contributed by atoms with E-state index < -0.39 is 23.8 Å². The van der Waals surface area contributed by atoms with Crippen LogP contribution in [0, 0.1) is 5.92 Å². The van der Waals surface area contributed by atoms with Crippen LogP contribution in [0.25, 0.3) is 0 Å². The van der Waals surface area contributed by atoms with E-state index in [0.29, 0.717) is 54.0 Å². The number of rotatable bonds is 13. The zero-order valence-corrected chi connectivity index (χ0v) is 27.7. The molecule has 46 heavy (non-hydrogen) atoms. The van der Waals surface area contributed by atoms with Crippen LogP contribution in [-0.4, -0.2) is 81.0 Å². The molecular weight excluding hydrogens is 610 g/mol. The first-order valence-corrected chi connectivity index (χ1v) is 15.9. The molecule has 3 aromatic rings. The van der Waals surface area contributed by atoms with Crippen molar-refractivity contribution in [1.82, 2.24) is 9.80 Å². The van der Waals surface area contributed by atoms with E-state index in [0.717, 1.165) is 34.5 Å². The number of nitrogens with zero attached hydrogens (tertiary/aromatic N) is 2. The third-order valence-corrected chi connectivity index (χ3v) is 8.88. The molecule has 1 fully saturated rings. The zero-order chi connectivity index (χ0) is 33.0. The fourth-order valence-corrected chi connectivity index (χ4v) is 6.67. The number of aliphatic carboxylic acids is 1. The summed E-state index contributed by atoms with van der Waals surface area (Å²) in [5.74, 6) is -0.355. The number of likely N-dealkylation sites (N-methyl/N-ethyl adjacent to an activating group) is 1. The Morgan fingerprint density at radius 2 is 1.74 bits per heavy atom. The van der Waals surface area contributed by atoms with Crippen LogP contribution in [0.2, 0.25) is 5.02 Å². The molecular formula is C35H42ClN3O7. The molecule has 0 aromatic heterocycles. The Morgan fingerprint density at radius 3 is 2.35 bits per heavy atom. The maximum absolute atomic E-state index is 13.8. The Labute approximate surface area is 275 Å². The van der Waals surface area contributed by atoms with Crippen LogP contribution < -0.4 is 24.3 Å². The van der Waals surface area contributed by atoms with Crippen LogP contribution in [0.5, 0.6) is 23.0 Å². The van der Waals surface area contributed by atoms with Crippen molar-refractivity contribution in [3.8, 4) is 23.0 Å². The number of hydrogen-bond acceptors (Lipinski definition) is 8. The van der Waals surface area contributed by atoms with Gasteiger partial charge < -0.3 is 34.3 Å². The Morgan fingerprint density at radius 1 is 1.04 bits per heavy atom. The number of hydrogen-bond donors (Lipinski definition) is 2. The van der Waals surface area contributed by atoms with Gasteiger partial charge in [0, 0.05) is 35.8 Å². The normalized spacial score (nSPS) is 19.0. The van der Waals surface area contributed by atoms with Crippen LogP contribution in [0.1, 0.15) is 48.1 Å². The number of methoxy groups -OCH3 is 1. The van der Waals surface area contributed by atoms with Crippen molar-refractivity contribution in [3.63, 3.8) is 0 Å². The lowest BCUT2D eigenvalue weighted by atomic mass is 9.82. The number of carboxylic acids is 1. The molecule has 1 saturated heterocycles. The van der Waals surface area contributed by atoms with Crippen molar-refractivity contribution in [2.24, 2.45) is 5.92 Å². The van der Waals surface area contributed by atoms with Gasteiger partial charge in [-0.15, -0.1) is 0 Å². The largest absolute Gasteiger partial charge is 0.493 e. The molecule has 2 heterocycles. The highest BCUT2D eigenvalue weighted by molar-refractivity contribution is 6.30. The van der Waals surface area contributed by atoms with E-state index in [4.69, 9.17) is 30.5 Å². The minimum absolute atomic E-state index is 0.0113. The van der Waals surface area contributed by atoms with Crippen molar-refractivity contribution in [3.05, 3.63) is 75.8 Å². The number of fused-ring (bicyclic) bond motifs is 1. The summed E-state index contributed by atoms with van der Waals surface area (Å²) in [6, 6.07) is 14.3. The number of likely N-dealkylation sites (tertiary alicyclic amines) is 1. The predicted molar refractivity (Wildman–Crippen MR) is 177 cm³/mol. The number of carbonyl (C=O) groups is 2. The summed E-state index contributed by atoms with van der Waals surface area (Å²) >= 11 is 6.36. The summed E-state index contributed by atoms with van der Waals surface area (Å²) in [6.45, 7) is 5.70. The van der Waals surface area contributed by atoms with Crippen LogP contribution in [0.3, 0.4) is 0 Å². The molecule has 3 atom stereocenters. The first-order chi connectivity index (χ1) is 22.1. The molecule has 1 amide bonds. The number of benzene rings is 3. The zero-order valence-electron chi connectivity index (χ0n) is 27.0. The molecule has 0 bridgehead atoms. The average Bonchev–Trinajstić information content (AvgIpc) is 3.66. The molecule has 5 rings (SSSR count). The van der Waals surface area contributed by atoms with Gasteiger partial charge in [-0.3, -0.25) is 14.5 Å². The van der Waals surface area contributed by atoms with Gasteiger partial charge in [-0.05, 0) is 85.6 Å². The van der Waals surface area contributed by atoms with Crippen LogP contribution >= 0.6 is 11.6 Å². The molecule has 11 heteroatoms. The van der Waals surface area contributed by atoms with Crippen LogP contribution in [0.4, 0.5) is 5.69 Å². The molecule has 246 valence electrons. The molecule has 3 aromatic carbocycles. The van der Waals surface area contributed by atoms with Crippen molar-refractivity contribution < 1.29 is 33.6 Å². The lowest BCUT2D eigenvalue weighted by Crippen LogP contribution is -2.35. The molecule has 0 radical (unpaired) electrons. The Balaban J connectivity index is 1.49. The van der Waals surface area contributed by atoms with E-state index >= 15 is 0 Å². The van der Waals surface area contributed by atoms with Gasteiger partial charge in [-0.1, -0.05) is 37.6 Å². The van der Waals surface area contributed by atoms with Crippen molar-refractivity contribution in [2.45, 2.75) is 38.6 Å². The topological polar surface area (TPSA) is 110 Å². The van der Waals surface area contributed by atoms with Gasteiger partial charge in [0.15, 0.2) is 11.5 Å². The van der Waals surface area contributed by atoms with Crippen LogP contribution in [0.15, 0.2) is 48.5 Å². The highest BCUT2D eigenvalue weighted by atomic mass is 35.5. The Bertz CT molecular complexity index is 1540. The summed E-state index contributed by atoms with van der Waals surface area (Å²) in [6.07, 6.45) is 1.40. The van der Waals surface area contributed by atoms with Gasteiger partial charge in [0.05, 0.1) is 19.6 Å².